The first-order valence-corrected chi connectivity index (χ1v) is 5.34. The molecule has 0 spiro atoms. The van der Waals surface area contributed by atoms with Crippen molar-refractivity contribution in [2.75, 3.05) is 0 Å². The van der Waals surface area contributed by atoms with Gasteiger partial charge in [-0.3, -0.25) is 0 Å². The molecule has 1 heterocycles. The van der Waals surface area contributed by atoms with Gasteiger partial charge in [-0.05, 0) is 23.4 Å². The molecule has 0 saturated carbocycles. The van der Waals surface area contributed by atoms with E-state index in [0.29, 0.717) is 11.4 Å². The summed E-state index contributed by atoms with van der Waals surface area (Å²) in [5.74, 6) is 0.453. The molecule has 1 aromatic carbocycles. The van der Waals surface area contributed by atoms with Crippen LogP contribution in [0.25, 0.3) is 0 Å². The Bertz CT molecular complexity index is 485. The van der Waals surface area contributed by atoms with Crippen LogP contribution in [0, 0.1) is 5.82 Å². The largest absolute Gasteiger partial charge is 0.221 e. The van der Waals surface area contributed by atoms with Crippen LogP contribution in [0.15, 0.2) is 24.3 Å². The molecule has 84 valence electrons. The fraction of sp³-hybridized carbons (Fsp3) is 0.300. The third-order valence-electron chi connectivity index (χ3n) is 2.40. The van der Waals surface area contributed by atoms with Gasteiger partial charge in [-0.2, -0.15) is 0 Å². The van der Waals surface area contributed by atoms with Crippen molar-refractivity contribution in [3.63, 3.8) is 0 Å². The zero-order valence-corrected chi connectivity index (χ0v) is 9.39. The van der Waals surface area contributed by atoms with Crippen molar-refractivity contribution in [1.82, 2.24) is 20.2 Å². The van der Waals surface area contributed by atoms with Gasteiger partial charge >= 0.3 is 0 Å². The summed E-state index contributed by atoms with van der Waals surface area (Å²) in [6.07, 6.45) is 0. The Hall–Kier alpha value is -1.49. The third kappa shape index (κ3) is 1.90. The minimum Gasteiger partial charge on any atom is -0.221 e. The van der Waals surface area contributed by atoms with Crippen LogP contribution in [0.3, 0.4) is 0 Å². The lowest BCUT2D eigenvalue weighted by atomic mass is 10.1. The highest BCUT2D eigenvalue weighted by atomic mass is 35.5. The van der Waals surface area contributed by atoms with Gasteiger partial charge in [-0.1, -0.05) is 18.2 Å². The number of halogens is 2. The van der Waals surface area contributed by atoms with E-state index in [-0.39, 0.29) is 17.7 Å². The summed E-state index contributed by atoms with van der Waals surface area (Å²) in [7, 11) is 0. The first kappa shape index (κ1) is 11.0. The molecule has 1 atom stereocenters. The van der Waals surface area contributed by atoms with Crippen molar-refractivity contribution in [3.05, 3.63) is 41.5 Å². The number of aromatic nitrogens is 4. The summed E-state index contributed by atoms with van der Waals surface area (Å²) >= 11 is 5.69. The second kappa shape index (κ2) is 4.57. The van der Waals surface area contributed by atoms with E-state index in [1.54, 1.807) is 18.2 Å². The normalized spacial score (nSPS) is 12.7. The summed E-state index contributed by atoms with van der Waals surface area (Å²) in [6.45, 7) is 1.82. The topological polar surface area (TPSA) is 43.6 Å². The maximum atomic E-state index is 13.6. The van der Waals surface area contributed by atoms with Gasteiger partial charge in [-0.15, -0.1) is 16.7 Å². The molecule has 0 saturated heterocycles. The minimum atomic E-state index is -0.273. The Kier molecular flexibility index (Phi) is 3.14. The molecule has 0 N–H and O–H groups in total. The third-order valence-corrected chi connectivity index (χ3v) is 2.64. The molecule has 0 radical (unpaired) electrons. The van der Waals surface area contributed by atoms with Crippen molar-refractivity contribution >= 4 is 11.6 Å². The molecule has 6 heteroatoms. The smallest absolute Gasteiger partial charge is 0.166 e. The number of hydrogen-bond donors (Lipinski definition) is 0. The van der Waals surface area contributed by atoms with Gasteiger partial charge < -0.3 is 0 Å². The number of nitrogens with zero attached hydrogens (tertiary/aromatic N) is 4. The summed E-state index contributed by atoms with van der Waals surface area (Å²) in [4.78, 5) is 0. The predicted octanol–water partition coefficient (Wildman–Crippen LogP) is 2.16. The van der Waals surface area contributed by atoms with Crippen LogP contribution >= 0.6 is 11.6 Å². The lowest BCUT2D eigenvalue weighted by Gasteiger charge is -2.13. The van der Waals surface area contributed by atoms with Crippen LogP contribution < -0.4 is 0 Å². The Morgan fingerprint density at radius 3 is 2.88 bits per heavy atom. The van der Waals surface area contributed by atoms with Crippen LogP contribution in [0.4, 0.5) is 4.39 Å². The number of tetrazole rings is 1. The van der Waals surface area contributed by atoms with Crippen LogP contribution in [0.5, 0.6) is 0 Å². The summed E-state index contributed by atoms with van der Waals surface area (Å²) in [6, 6.07) is 6.27. The first-order valence-electron chi connectivity index (χ1n) is 4.81. The van der Waals surface area contributed by atoms with Crippen molar-refractivity contribution in [3.8, 4) is 0 Å². The monoisotopic (exact) mass is 240 g/mol. The number of benzene rings is 1. The SMILES string of the molecule is CC(c1ccccc1F)n1nnnc1CCl. The molecule has 0 bridgehead atoms. The molecule has 0 amide bonds. The lowest BCUT2D eigenvalue weighted by molar-refractivity contribution is 0.498. The zero-order valence-electron chi connectivity index (χ0n) is 8.64. The molecule has 1 aromatic heterocycles. The minimum absolute atomic E-state index is 0.200. The Morgan fingerprint density at radius 1 is 1.44 bits per heavy atom. The van der Waals surface area contributed by atoms with Crippen LogP contribution in [-0.2, 0) is 5.88 Å². The maximum Gasteiger partial charge on any atom is 0.166 e. The maximum absolute atomic E-state index is 13.6. The summed E-state index contributed by atoms with van der Waals surface area (Å²) in [5.41, 5.74) is 0.543. The standard InChI is InChI=1S/C10H10ClFN4/c1-7(8-4-2-3-5-9(8)12)16-10(6-11)13-14-15-16/h2-5,7H,6H2,1H3. The van der Waals surface area contributed by atoms with Gasteiger partial charge in [0, 0.05) is 5.56 Å². The van der Waals surface area contributed by atoms with E-state index >= 15 is 0 Å². The predicted molar refractivity (Wildman–Crippen MR) is 57.6 cm³/mol. The second-order valence-electron chi connectivity index (χ2n) is 3.37. The van der Waals surface area contributed by atoms with Crippen LogP contribution in [0.1, 0.15) is 24.4 Å². The molecule has 0 aliphatic heterocycles. The van der Waals surface area contributed by atoms with Gasteiger partial charge in [0.05, 0.1) is 11.9 Å². The van der Waals surface area contributed by atoms with Crippen LogP contribution in [-0.4, -0.2) is 20.2 Å². The molecule has 1 unspecified atom stereocenters. The van der Waals surface area contributed by atoms with E-state index in [2.05, 4.69) is 15.5 Å². The number of rotatable bonds is 3. The number of alkyl halides is 1. The van der Waals surface area contributed by atoms with E-state index in [1.165, 1.54) is 10.7 Å². The quantitative estimate of drug-likeness (QED) is 0.773. The Labute approximate surface area is 97.0 Å². The van der Waals surface area contributed by atoms with Crippen molar-refractivity contribution in [2.45, 2.75) is 18.8 Å². The van der Waals surface area contributed by atoms with Gasteiger partial charge in [-0.25, -0.2) is 9.07 Å². The lowest BCUT2D eigenvalue weighted by Crippen LogP contribution is -2.13. The van der Waals surface area contributed by atoms with E-state index in [0.717, 1.165) is 0 Å². The zero-order chi connectivity index (χ0) is 11.5. The molecule has 2 rings (SSSR count). The molecule has 0 fully saturated rings. The Morgan fingerprint density at radius 2 is 2.19 bits per heavy atom. The molecule has 4 nitrogen and oxygen atoms in total. The highest BCUT2D eigenvalue weighted by Crippen LogP contribution is 2.20. The second-order valence-corrected chi connectivity index (χ2v) is 3.64. The molecular formula is C10H10ClFN4. The van der Waals surface area contributed by atoms with E-state index in [9.17, 15) is 4.39 Å². The fourth-order valence-corrected chi connectivity index (χ4v) is 1.72. The summed E-state index contributed by atoms with van der Waals surface area (Å²) < 4.78 is 15.1. The van der Waals surface area contributed by atoms with Gasteiger partial charge in [0.25, 0.3) is 0 Å². The van der Waals surface area contributed by atoms with Gasteiger partial charge in [0.1, 0.15) is 5.82 Å². The van der Waals surface area contributed by atoms with Crippen molar-refractivity contribution in [2.24, 2.45) is 0 Å². The van der Waals surface area contributed by atoms with Crippen LogP contribution in [0.2, 0.25) is 0 Å². The van der Waals surface area contributed by atoms with Gasteiger partial charge in [0.15, 0.2) is 5.82 Å². The van der Waals surface area contributed by atoms with Crippen molar-refractivity contribution < 1.29 is 4.39 Å². The average molecular weight is 241 g/mol. The number of hydrogen-bond acceptors (Lipinski definition) is 3. The van der Waals surface area contributed by atoms with E-state index in [1.807, 2.05) is 6.92 Å². The fourth-order valence-electron chi connectivity index (χ4n) is 1.55. The molecule has 16 heavy (non-hydrogen) atoms. The summed E-state index contributed by atoms with van der Waals surface area (Å²) in [5, 5.41) is 11.1. The average Bonchev–Trinajstić information content (AvgIpc) is 2.77. The van der Waals surface area contributed by atoms with Crippen molar-refractivity contribution in [1.29, 1.82) is 0 Å². The molecule has 2 aromatic rings. The molecular weight excluding hydrogens is 231 g/mol. The Balaban J connectivity index is 2.39. The first-order chi connectivity index (χ1) is 7.74. The highest BCUT2D eigenvalue weighted by Gasteiger charge is 2.16. The van der Waals surface area contributed by atoms with E-state index < -0.39 is 0 Å². The van der Waals surface area contributed by atoms with Gasteiger partial charge in [0.2, 0.25) is 0 Å². The van der Waals surface area contributed by atoms with E-state index in [4.69, 9.17) is 11.6 Å². The molecule has 0 aliphatic rings. The highest BCUT2D eigenvalue weighted by molar-refractivity contribution is 6.16. The molecule has 0 aliphatic carbocycles.